The van der Waals surface area contributed by atoms with Crippen LogP contribution >= 0.6 is 0 Å². The van der Waals surface area contributed by atoms with E-state index in [9.17, 15) is 0 Å². The van der Waals surface area contributed by atoms with Crippen molar-refractivity contribution in [1.82, 2.24) is 15.1 Å². The number of nitrogens with one attached hydrogen (secondary N) is 1. The van der Waals surface area contributed by atoms with Crippen molar-refractivity contribution in [3.8, 4) is 0 Å². The van der Waals surface area contributed by atoms with Crippen LogP contribution in [0.4, 0.5) is 0 Å². The molecule has 0 aromatic heterocycles. The van der Waals surface area contributed by atoms with E-state index in [0.29, 0.717) is 0 Å². The van der Waals surface area contributed by atoms with E-state index >= 15 is 0 Å². The minimum absolute atomic E-state index is 0.719. The molecule has 2 unspecified atom stereocenters. The summed E-state index contributed by atoms with van der Waals surface area (Å²) >= 11 is 0. The highest BCUT2D eigenvalue weighted by Crippen LogP contribution is 2.26. The van der Waals surface area contributed by atoms with Crippen LogP contribution in [0.2, 0.25) is 0 Å². The van der Waals surface area contributed by atoms with Crippen molar-refractivity contribution in [3.63, 3.8) is 0 Å². The molecule has 2 fully saturated rings. The number of piperidine rings is 1. The quantitative estimate of drug-likeness (QED) is 0.782. The second-order valence-corrected chi connectivity index (χ2v) is 6.70. The fraction of sp³-hybridized carbons (Fsp3) is 1.00. The SMILES string of the molecule is CCNC1CCCCCC1N(C)C1CCN(CC)CC1. The molecule has 1 saturated carbocycles. The molecule has 1 N–H and O–H groups in total. The summed E-state index contributed by atoms with van der Waals surface area (Å²) < 4.78 is 0. The molecule has 118 valence electrons. The molecule has 1 aliphatic heterocycles. The summed E-state index contributed by atoms with van der Waals surface area (Å²) in [6.45, 7) is 9.47. The predicted octanol–water partition coefficient (Wildman–Crippen LogP) is 2.71. The maximum Gasteiger partial charge on any atom is 0.0249 e. The van der Waals surface area contributed by atoms with Gasteiger partial charge in [-0.15, -0.1) is 0 Å². The van der Waals surface area contributed by atoms with Crippen LogP contribution in [0.1, 0.15) is 58.8 Å². The second-order valence-electron chi connectivity index (χ2n) is 6.70. The van der Waals surface area contributed by atoms with Crippen LogP contribution in [-0.2, 0) is 0 Å². The summed E-state index contributed by atoms with van der Waals surface area (Å²) in [6, 6.07) is 2.29. The zero-order chi connectivity index (χ0) is 14.4. The molecule has 0 spiro atoms. The average molecular weight is 281 g/mol. The van der Waals surface area contributed by atoms with E-state index in [-0.39, 0.29) is 0 Å². The molecule has 3 heteroatoms. The number of rotatable bonds is 5. The maximum atomic E-state index is 3.76. The van der Waals surface area contributed by atoms with Crippen LogP contribution in [0.15, 0.2) is 0 Å². The molecule has 0 amide bonds. The molecule has 0 bridgehead atoms. The van der Waals surface area contributed by atoms with Crippen molar-refractivity contribution in [2.24, 2.45) is 0 Å². The molecular weight excluding hydrogens is 246 g/mol. The molecular formula is C17H35N3. The topological polar surface area (TPSA) is 18.5 Å². The summed E-state index contributed by atoms with van der Waals surface area (Å²) in [7, 11) is 2.40. The lowest BCUT2D eigenvalue weighted by Crippen LogP contribution is -2.54. The third-order valence-electron chi connectivity index (χ3n) is 5.55. The van der Waals surface area contributed by atoms with Crippen LogP contribution in [0.3, 0.4) is 0 Å². The molecule has 1 saturated heterocycles. The van der Waals surface area contributed by atoms with Crippen LogP contribution < -0.4 is 5.32 Å². The summed E-state index contributed by atoms with van der Waals surface area (Å²) in [5, 5.41) is 3.76. The number of likely N-dealkylation sites (N-methyl/N-ethyl adjacent to an activating group) is 2. The molecule has 1 heterocycles. The van der Waals surface area contributed by atoms with Gasteiger partial charge in [0.15, 0.2) is 0 Å². The van der Waals surface area contributed by atoms with Gasteiger partial charge in [0.1, 0.15) is 0 Å². The van der Waals surface area contributed by atoms with Crippen LogP contribution in [0.25, 0.3) is 0 Å². The molecule has 1 aliphatic carbocycles. The van der Waals surface area contributed by atoms with Gasteiger partial charge in [-0.2, -0.15) is 0 Å². The first-order valence-electron chi connectivity index (χ1n) is 8.94. The normalized spacial score (nSPS) is 30.6. The summed E-state index contributed by atoms with van der Waals surface area (Å²) in [4.78, 5) is 5.34. The van der Waals surface area contributed by atoms with Gasteiger partial charge in [0.25, 0.3) is 0 Å². The van der Waals surface area contributed by atoms with E-state index < -0.39 is 0 Å². The van der Waals surface area contributed by atoms with Crippen molar-refractivity contribution in [2.75, 3.05) is 33.2 Å². The fourth-order valence-corrected chi connectivity index (χ4v) is 4.19. The van der Waals surface area contributed by atoms with Gasteiger partial charge in [0.2, 0.25) is 0 Å². The first-order valence-corrected chi connectivity index (χ1v) is 8.94. The smallest absolute Gasteiger partial charge is 0.0249 e. The van der Waals surface area contributed by atoms with E-state index in [2.05, 4.69) is 36.0 Å². The van der Waals surface area contributed by atoms with Crippen LogP contribution in [0.5, 0.6) is 0 Å². The Hall–Kier alpha value is -0.120. The van der Waals surface area contributed by atoms with E-state index in [4.69, 9.17) is 0 Å². The lowest BCUT2D eigenvalue weighted by molar-refractivity contribution is 0.0781. The number of nitrogens with zero attached hydrogens (tertiary/aromatic N) is 2. The molecule has 0 aromatic carbocycles. The van der Waals surface area contributed by atoms with Crippen LogP contribution in [-0.4, -0.2) is 61.2 Å². The third kappa shape index (κ3) is 4.19. The molecule has 0 aromatic rings. The molecule has 2 atom stereocenters. The Morgan fingerprint density at radius 2 is 1.70 bits per heavy atom. The lowest BCUT2D eigenvalue weighted by atomic mass is 9.96. The van der Waals surface area contributed by atoms with Gasteiger partial charge in [-0.05, 0) is 58.9 Å². The standard InChI is InChI=1S/C17H35N3/c1-4-18-16-9-7-6-8-10-17(16)19(3)15-11-13-20(5-2)14-12-15/h15-18H,4-14H2,1-3H3. The minimum Gasteiger partial charge on any atom is -0.313 e. The Bertz CT molecular complexity index is 261. The minimum atomic E-state index is 0.719. The number of likely N-dealkylation sites (tertiary alicyclic amines) is 1. The van der Waals surface area contributed by atoms with Crippen molar-refractivity contribution in [2.45, 2.75) is 76.9 Å². The van der Waals surface area contributed by atoms with Gasteiger partial charge in [0, 0.05) is 18.1 Å². The third-order valence-corrected chi connectivity index (χ3v) is 5.55. The highest BCUT2D eigenvalue weighted by molar-refractivity contribution is 4.90. The van der Waals surface area contributed by atoms with E-state index in [1.807, 2.05) is 0 Å². The largest absolute Gasteiger partial charge is 0.313 e. The summed E-state index contributed by atoms with van der Waals surface area (Å²) in [5.74, 6) is 0. The van der Waals surface area contributed by atoms with Gasteiger partial charge in [-0.1, -0.05) is 33.1 Å². The monoisotopic (exact) mass is 281 g/mol. The highest BCUT2D eigenvalue weighted by atomic mass is 15.2. The Balaban J connectivity index is 1.92. The predicted molar refractivity (Wildman–Crippen MR) is 87.2 cm³/mol. The maximum absolute atomic E-state index is 3.76. The Morgan fingerprint density at radius 3 is 2.35 bits per heavy atom. The first kappa shape index (κ1) is 16.3. The first-order chi connectivity index (χ1) is 9.76. The summed E-state index contributed by atoms with van der Waals surface area (Å²) in [6.07, 6.45) is 9.75. The van der Waals surface area contributed by atoms with Crippen molar-refractivity contribution in [3.05, 3.63) is 0 Å². The van der Waals surface area contributed by atoms with E-state index in [1.54, 1.807) is 0 Å². The second kappa shape index (κ2) is 8.35. The fourth-order valence-electron chi connectivity index (χ4n) is 4.19. The summed E-state index contributed by atoms with van der Waals surface area (Å²) in [5.41, 5.74) is 0. The molecule has 2 aliphatic rings. The van der Waals surface area contributed by atoms with Gasteiger partial charge in [-0.25, -0.2) is 0 Å². The number of hydrogen-bond acceptors (Lipinski definition) is 3. The van der Waals surface area contributed by atoms with Crippen LogP contribution in [0, 0.1) is 0 Å². The van der Waals surface area contributed by atoms with Gasteiger partial charge in [-0.3, -0.25) is 4.90 Å². The van der Waals surface area contributed by atoms with Gasteiger partial charge in [0.05, 0.1) is 0 Å². The van der Waals surface area contributed by atoms with Crippen molar-refractivity contribution < 1.29 is 0 Å². The molecule has 20 heavy (non-hydrogen) atoms. The van der Waals surface area contributed by atoms with Crippen molar-refractivity contribution >= 4 is 0 Å². The van der Waals surface area contributed by atoms with Crippen molar-refractivity contribution in [1.29, 1.82) is 0 Å². The zero-order valence-corrected chi connectivity index (χ0v) is 13.9. The van der Waals surface area contributed by atoms with Gasteiger partial charge < -0.3 is 10.2 Å². The lowest BCUT2D eigenvalue weighted by Gasteiger charge is -2.42. The average Bonchev–Trinajstić information content (AvgIpc) is 2.72. The highest BCUT2D eigenvalue weighted by Gasteiger charge is 2.31. The number of hydrogen-bond donors (Lipinski definition) is 1. The molecule has 2 rings (SSSR count). The van der Waals surface area contributed by atoms with E-state index in [0.717, 1.165) is 24.7 Å². The van der Waals surface area contributed by atoms with E-state index in [1.165, 1.54) is 64.6 Å². The Kier molecular flexibility index (Phi) is 6.79. The zero-order valence-electron chi connectivity index (χ0n) is 13.9. The molecule has 3 nitrogen and oxygen atoms in total. The Labute approximate surface area is 126 Å². The molecule has 0 radical (unpaired) electrons. The Morgan fingerprint density at radius 1 is 1.00 bits per heavy atom. The van der Waals surface area contributed by atoms with Gasteiger partial charge >= 0.3 is 0 Å².